The van der Waals surface area contributed by atoms with E-state index in [1.807, 2.05) is 4.98 Å². The molecule has 0 aliphatic heterocycles. The number of nitrogens with one attached hydrogen (secondary N) is 2. The molecular weight excluding hydrogens is 154 g/mol. The van der Waals surface area contributed by atoms with Gasteiger partial charge in [0.25, 0.3) is 5.56 Å². The van der Waals surface area contributed by atoms with Crippen LogP contribution in [0.25, 0.3) is 0 Å². The fraction of sp³-hybridized carbons (Fsp3) is 0. The van der Waals surface area contributed by atoms with E-state index in [0.29, 0.717) is 0 Å². The number of hydrogen-bond acceptors (Lipinski definition) is 4. The lowest BCUT2D eigenvalue weighted by atomic mass is 10.6. The molecule has 0 aliphatic rings. The van der Waals surface area contributed by atoms with Crippen LogP contribution in [0.5, 0.6) is 0 Å². The lowest BCUT2D eigenvalue weighted by Gasteiger charge is -1.82. The summed E-state index contributed by atoms with van der Waals surface area (Å²) >= 11 is 0. The molecule has 1 aromatic heterocycles. The van der Waals surface area contributed by atoms with E-state index in [0.717, 1.165) is 6.20 Å². The van der Waals surface area contributed by atoms with Gasteiger partial charge in [-0.05, 0) is 5.18 Å². The predicted octanol–water partition coefficient (Wildman–Crippen LogP) is -1.36. The average molecular weight is 159 g/mol. The fourth-order valence-corrected chi connectivity index (χ4v) is 0.470. The second-order valence-electron chi connectivity index (χ2n) is 1.55. The van der Waals surface area contributed by atoms with Gasteiger partial charge in [-0.25, -0.2) is 4.79 Å². The molecule has 0 aromatic carbocycles. The molecule has 0 saturated heterocycles. The maximum Gasteiger partial charge on any atom is 0.325 e. The third kappa shape index (κ3) is 1.83. The van der Waals surface area contributed by atoms with Gasteiger partial charge in [0.15, 0.2) is 5.69 Å². The first-order chi connectivity index (χ1) is 4.74. The van der Waals surface area contributed by atoms with Crippen LogP contribution in [0.2, 0.25) is 0 Å². The number of nitrogens with zero attached hydrogens (tertiary/aromatic N) is 1. The molecule has 0 atom stereocenters. The number of aromatic nitrogens is 2. The molecule has 0 aliphatic carbocycles. The van der Waals surface area contributed by atoms with Crippen molar-refractivity contribution >= 4 is 5.69 Å². The minimum Gasteiger partial charge on any atom is -0.412 e. The van der Waals surface area contributed by atoms with Crippen LogP contribution in [0.4, 0.5) is 5.69 Å². The SMILES string of the molecule is O.O=Nc1c[nH]c(=O)[nH]c1=O. The van der Waals surface area contributed by atoms with Crippen LogP contribution < -0.4 is 11.2 Å². The van der Waals surface area contributed by atoms with Gasteiger partial charge >= 0.3 is 5.69 Å². The average Bonchev–Trinajstić information content (AvgIpc) is 1.88. The second kappa shape index (κ2) is 3.42. The molecule has 60 valence electrons. The Hall–Kier alpha value is -1.76. The first-order valence-corrected chi connectivity index (χ1v) is 2.39. The van der Waals surface area contributed by atoms with Crippen molar-refractivity contribution in [2.75, 3.05) is 0 Å². The Balaban J connectivity index is 0.000001000. The number of aromatic amines is 2. The van der Waals surface area contributed by atoms with E-state index in [1.165, 1.54) is 0 Å². The van der Waals surface area contributed by atoms with E-state index >= 15 is 0 Å². The highest BCUT2D eigenvalue weighted by atomic mass is 16.3. The summed E-state index contributed by atoms with van der Waals surface area (Å²) in [5.74, 6) is 0. The summed E-state index contributed by atoms with van der Waals surface area (Å²) in [4.78, 5) is 34.5. The summed E-state index contributed by atoms with van der Waals surface area (Å²) in [6.07, 6.45) is 0.953. The molecule has 0 saturated carbocycles. The van der Waals surface area contributed by atoms with Gasteiger partial charge in [0, 0.05) is 6.20 Å². The second-order valence-corrected chi connectivity index (χ2v) is 1.55. The van der Waals surface area contributed by atoms with Crippen LogP contribution in [0, 0.1) is 4.91 Å². The van der Waals surface area contributed by atoms with Crippen molar-refractivity contribution < 1.29 is 5.48 Å². The standard InChI is InChI=1S/C4H3N3O3.H2O/c8-3-2(7-10)1-5-4(9)6-3;/h1H,(H2,5,6,8,9);1H2. The minimum atomic E-state index is -0.779. The Morgan fingerprint density at radius 1 is 1.36 bits per heavy atom. The largest absolute Gasteiger partial charge is 0.412 e. The van der Waals surface area contributed by atoms with Gasteiger partial charge in [-0.3, -0.25) is 9.78 Å². The van der Waals surface area contributed by atoms with Crippen molar-refractivity contribution in [1.82, 2.24) is 9.97 Å². The van der Waals surface area contributed by atoms with E-state index in [-0.39, 0.29) is 11.2 Å². The third-order valence-electron chi connectivity index (χ3n) is 0.898. The quantitative estimate of drug-likeness (QED) is 0.491. The molecule has 1 aromatic rings. The van der Waals surface area contributed by atoms with E-state index < -0.39 is 11.2 Å². The Kier molecular flexibility index (Phi) is 2.87. The Morgan fingerprint density at radius 3 is 2.45 bits per heavy atom. The first kappa shape index (κ1) is 9.24. The fourth-order valence-electron chi connectivity index (χ4n) is 0.470. The summed E-state index contributed by atoms with van der Waals surface area (Å²) in [6.45, 7) is 0. The molecule has 7 heteroatoms. The van der Waals surface area contributed by atoms with Gasteiger partial charge in [0.05, 0.1) is 0 Å². The van der Waals surface area contributed by atoms with Crippen molar-refractivity contribution in [2.45, 2.75) is 0 Å². The highest BCUT2D eigenvalue weighted by Crippen LogP contribution is 1.94. The summed E-state index contributed by atoms with van der Waals surface area (Å²) in [5, 5.41) is 2.35. The minimum absolute atomic E-state index is 0. The van der Waals surface area contributed by atoms with Crippen LogP contribution in [0.3, 0.4) is 0 Å². The Morgan fingerprint density at radius 2 is 2.00 bits per heavy atom. The molecule has 0 amide bonds. The van der Waals surface area contributed by atoms with Gasteiger partial charge in [-0.15, -0.1) is 4.91 Å². The van der Waals surface area contributed by atoms with Crippen molar-refractivity contribution in [2.24, 2.45) is 5.18 Å². The molecule has 0 fully saturated rings. The maximum absolute atomic E-state index is 10.5. The van der Waals surface area contributed by atoms with Crippen LogP contribution in [0.1, 0.15) is 0 Å². The van der Waals surface area contributed by atoms with Crippen LogP contribution >= 0.6 is 0 Å². The van der Waals surface area contributed by atoms with E-state index in [2.05, 4.69) is 10.2 Å². The molecule has 1 rings (SSSR count). The van der Waals surface area contributed by atoms with Crippen molar-refractivity contribution in [3.05, 3.63) is 31.9 Å². The van der Waals surface area contributed by atoms with E-state index in [9.17, 15) is 14.5 Å². The number of H-pyrrole nitrogens is 2. The maximum atomic E-state index is 10.5. The zero-order chi connectivity index (χ0) is 7.56. The molecular formula is C4H5N3O4. The van der Waals surface area contributed by atoms with Gasteiger partial charge in [-0.1, -0.05) is 0 Å². The lowest BCUT2D eigenvalue weighted by molar-refractivity contribution is 0.824. The summed E-state index contributed by atoms with van der Waals surface area (Å²) < 4.78 is 0. The lowest BCUT2D eigenvalue weighted by Crippen LogP contribution is -2.20. The number of hydrogen-bond donors (Lipinski definition) is 2. The molecule has 0 radical (unpaired) electrons. The van der Waals surface area contributed by atoms with Crippen LogP contribution in [-0.4, -0.2) is 15.4 Å². The van der Waals surface area contributed by atoms with Crippen molar-refractivity contribution in [3.63, 3.8) is 0 Å². The third-order valence-corrected chi connectivity index (χ3v) is 0.898. The Labute approximate surface area is 59.4 Å². The van der Waals surface area contributed by atoms with Crippen molar-refractivity contribution in [1.29, 1.82) is 0 Å². The molecule has 0 unspecified atom stereocenters. The summed E-state index contributed by atoms with van der Waals surface area (Å²) in [6, 6.07) is 0. The zero-order valence-corrected chi connectivity index (χ0v) is 5.25. The topological polar surface area (TPSA) is 127 Å². The van der Waals surface area contributed by atoms with Gasteiger partial charge in [0.1, 0.15) is 0 Å². The molecule has 0 spiro atoms. The summed E-state index contributed by atoms with van der Waals surface area (Å²) in [5.41, 5.74) is -1.77. The van der Waals surface area contributed by atoms with Crippen LogP contribution in [0.15, 0.2) is 21.0 Å². The predicted molar refractivity (Wildman–Crippen MR) is 36.8 cm³/mol. The van der Waals surface area contributed by atoms with Crippen molar-refractivity contribution in [3.8, 4) is 0 Å². The molecule has 4 N–H and O–H groups in total. The Bertz CT molecular complexity index is 351. The first-order valence-electron chi connectivity index (χ1n) is 2.39. The smallest absolute Gasteiger partial charge is 0.325 e. The van der Waals surface area contributed by atoms with E-state index in [1.54, 1.807) is 0 Å². The molecule has 1 heterocycles. The van der Waals surface area contributed by atoms with Gasteiger partial charge in [-0.2, -0.15) is 0 Å². The monoisotopic (exact) mass is 159 g/mol. The zero-order valence-electron chi connectivity index (χ0n) is 5.25. The normalized spacial score (nSPS) is 8.36. The summed E-state index contributed by atoms with van der Waals surface area (Å²) in [7, 11) is 0. The highest BCUT2D eigenvalue weighted by Gasteiger charge is 1.96. The van der Waals surface area contributed by atoms with E-state index in [4.69, 9.17) is 0 Å². The molecule has 0 bridgehead atoms. The van der Waals surface area contributed by atoms with Gasteiger partial charge < -0.3 is 10.5 Å². The number of nitroso groups, excluding NO2 is 1. The van der Waals surface area contributed by atoms with Gasteiger partial charge in [0.2, 0.25) is 0 Å². The molecule has 7 nitrogen and oxygen atoms in total. The van der Waals surface area contributed by atoms with Crippen LogP contribution in [-0.2, 0) is 0 Å². The highest BCUT2D eigenvalue weighted by molar-refractivity contribution is 5.27. The number of rotatable bonds is 1. The molecule has 11 heavy (non-hydrogen) atoms.